The zero-order valence-electron chi connectivity index (χ0n) is 14.4. The standard InChI is InChI=1S/C18H12ClF3N4O2S/c19-10-2-1-3-11(20)9(10)7-29-18-25-15(23)14(17(28)26-18)24-16(27)8-4-5-12(21)13(22)6-8/h1-6H,7H2,(H,24,27)(H3,23,25,26,28). The predicted octanol–water partition coefficient (Wildman–Crippen LogP) is 3.97. The van der Waals surface area contributed by atoms with Gasteiger partial charge in [-0.15, -0.1) is 0 Å². The lowest BCUT2D eigenvalue weighted by molar-refractivity contribution is 0.102. The number of H-pyrrole nitrogens is 1. The minimum Gasteiger partial charge on any atom is -0.382 e. The van der Waals surface area contributed by atoms with Gasteiger partial charge in [0.1, 0.15) is 11.5 Å². The van der Waals surface area contributed by atoms with Crippen LogP contribution < -0.4 is 16.6 Å². The van der Waals surface area contributed by atoms with E-state index in [1.807, 2.05) is 0 Å². The summed E-state index contributed by atoms with van der Waals surface area (Å²) < 4.78 is 40.1. The number of hydrogen-bond donors (Lipinski definition) is 3. The lowest BCUT2D eigenvalue weighted by Gasteiger charge is -2.09. The minimum atomic E-state index is -1.21. The molecule has 6 nitrogen and oxygen atoms in total. The van der Waals surface area contributed by atoms with Gasteiger partial charge in [-0.3, -0.25) is 14.6 Å². The van der Waals surface area contributed by atoms with Crippen LogP contribution in [0.1, 0.15) is 15.9 Å². The fourth-order valence-corrected chi connectivity index (χ4v) is 3.50. The Labute approximate surface area is 171 Å². The van der Waals surface area contributed by atoms with Gasteiger partial charge in [-0.25, -0.2) is 18.2 Å². The van der Waals surface area contributed by atoms with E-state index in [0.29, 0.717) is 6.07 Å². The molecule has 1 amide bonds. The summed E-state index contributed by atoms with van der Waals surface area (Å²) in [6, 6.07) is 6.77. The van der Waals surface area contributed by atoms with Crippen LogP contribution in [-0.2, 0) is 5.75 Å². The molecule has 0 bridgehead atoms. The number of nitrogens with two attached hydrogens (primary N) is 1. The molecule has 3 rings (SSSR count). The first kappa shape index (κ1) is 20.7. The topological polar surface area (TPSA) is 101 Å². The first-order chi connectivity index (χ1) is 13.8. The van der Waals surface area contributed by atoms with Crippen molar-refractivity contribution >= 4 is 40.8 Å². The molecule has 0 aliphatic carbocycles. The van der Waals surface area contributed by atoms with E-state index in [1.165, 1.54) is 18.2 Å². The molecule has 150 valence electrons. The van der Waals surface area contributed by atoms with Gasteiger partial charge in [0.15, 0.2) is 22.6 Å². The van der Waals surface area contributed by atoms with Crippen molar-refractivity contribution in [2.24, 2.45) is 0 Å². The number of nitrogens with zero attached hydrogens (tertiary/aromatic N) is 1. The molecule has 0 spiro atoms. The zero-order valence-corrected chi connectivity index (χ0v) is 16.0. The second-order valence-electron chi connectivity index (χ2n) is 5.70. The van der Waals surface area contributed by atoms with Crippen molar-refractivity contribution in [3.63, 3.8) is 0 Å². The van der Waals surface area contributed by atoms with Crippen molar-refractivity contribution in [2.45, 2.75) is 10.9 Å². The molecule has 0 saturated heterocycles. The summed E-state index contributed by atoms with van der Waals surface area (Å²) in [5.41, 5.74) is 4.64. The quantitative estimate of drug-likeness (QED) is 0.411. The summed E-state index contributed by atoms with van der Waals surface area (Å²) in [7, 11) is 0. The van der Waals surface area contributed by atoms with Crippen LogP contribution in [0.3, 0.4) is 0 Å². The smallest absolute Gasteiger partial charge is 0.277 e. The van der Waals surface area contributed by atoms with Crippen molar-refractivity contribution in [1.82, 2.24) is 9.97 Å². The highest BCUT2D eigenvalue weighted by atomic mass is 35.5. The number of aromatic amines is 1. The Balaban J connectivity index is 1.78. The number of halogens is 4. The molecule has 0 saturated carbocycles. The van der Waals surface area contributed by atoms with Gasteiger partial charge in [-0.1, -0.05) is 29.4 Å². The van der Waals surface area contributed by atoms with Gasteiger partial charge in [0.05, 0.1) is 0 Å². The lowest BCUT2D eigenvalue weighted by atomic mass is 10.2. The van der Waals surface area contributed by atoms with E-state index in [1.54, 1.807) is 0 Å². The van der Waals surface area contributed by atoms with E-state index in [2.05, 4.69) is 15.3 Å². The summed E-state index contributed by atoms with van der Waals surface area (Å²) in [6.07, 6.45) is 0. The normalized spacial score (nSPS) is 10.8. The van der Waals surface area contributed by atoms with Crippen LogP contribution in [0.15, 0.2) is 46.3 Å². The predicted molar refractivity (Wildman–Crippen MR) is 105 cm³/mol. The summed E-state index contributed by atoms with van der Waals surface area (Å²) in [4.78, 5) is 30.8. The van der Waals surface area contributed by atoms with Crippen molar-refractivity contribution in [1.29, 1.82) is 0 Å². The van der Waals surface area contributed by atoms with E-state index in [0.717, 1.165) is 23.9 Å². The molecule has 4 N–H and O–H groups in total. The molecule has 1 heterocycles. The van der Waals surface area contributed by atoms with Gasteiger partial charge in [0, 0.05) is 21.9 Å². The lowest BCUT2D eigenvalue weighted by Crippen LogP contribution is -2.23. The molecule has 0 aliphatic heterocycles. The van der Waals surface area contributed by atoms with E-state index >= 15 is 0 Å². The summed E-state index contributed by atoms with van der Waals surface area (Å²) >= 11 is 6.93. The maximum Gasteiger partial charge on any atom is 0.277 e. The van der Waals surface area contributed by atoms with Crippen LogP contribution in [-0.4, -0.2) is 15.9 Å². The summed E-state index contributed by atoms with van der Waals surface area (Å²) in [5, 5.41) is 2.52. The largest absolute Gasteiger partial charge is 0.382 e. The van der Waals surface area contributed by atoms with Crippen molar-refractivity contribution in [3.8, 4) is 0 Å². The number of hydrogen-bond acceptors (Lipinski definition) is 5. The molecular weight excluding hydrogens is 429 g/mol. The Morgan fingerprint density at radius 1 is 1.17 bits per heavy atom. The monoisotopic (exact) mass is 440 g/mol. The SMILES string of the molecule is Nc1nc(SCc2c(F)cccc2Cl)[nH]c(=O)c1NC(=O)c1ccc(F)c(F)c1. The number of nitrogen functional groups attached to an aromatic ring is 1. The number of benzene rings is 2. The minimum absolute atomic E-state index is 0.0778. The second kappa shape index (κ2) is 8.58. The van der Waals surface area contributed by atoms with Crippen LogP contribution in [0.25, 0.3) is 0 Å². The highest BCUT2D eigenvalue weighted by molar-refractivity contribution is 7.98. The van der Waals surface area contributed by atoms with Gasteiger partial charge in [0.25, 0.3) is 11.5 Å². The number of anilines is 2. The summed E-state index contributed by atoms with van der Waals surface area (Å²) in [5.74, 6) is -3.92. The average Bonchev–Trinajstić information content (AvgIpc) is 2.66. The number of aromatic nitrogens is 2. The average molecular weight is 441 g/mol. The number of rotatable bonds is 5. The Morgan fingerprint density at radius 3 is 2.59 bits per heavy atom. The number of carbonyl (C=O) groups is 1. The number of nitrogens with one attached hydrogen (secondary N) is 2. The van der Waals surface area contributed by atoms with Crippen molar-refractivity contribution in [2.75, 3.05) is 11.1 Å². The molecule has 11 heteroatoms. The van der Waals surface area contributed by atoms with E-state index < -0.39 is 28.9 Å². The number of amides is 1. The van der Waals surface area contributed by atoms with Crippen LogP contribution in [0.2, 0.25) is 5.02 Å². The van der Waals surface area contributed by atoms with E-state index in [4.69, 9.17) is 17.3 Å². The van der Waals surface area contributed by atoms with Gasteiger partial charge in [-0.2, -0.15) is 0 Å². The third kappa shape index (κ3) is 4.72. The van der Waals surface area contributed by atoms with Gasteiger partial charge in [0.2, 0.25) is 0 Å². The Kier molecular flexibility index (Phi) is 6.14. The number of carbonyl (C=O) groups excluding carboxylic acids is 1. The van der Waals surface area contributed by atoms with E-state index in [-0.39, 0.29) is 38.6 Å². The second-order valence-corrected chi connectivity index (χ2v) is 7.07. The van der Waals surface area contributed by atoms with Gasteiger partial charge in [-0.05, 0) is 30.3 Å². The zero-order chi connectivity index (χ0) is 21.1. The maximum absolute atomic E-state index is 13.8. The third-order valence-electron chi connectivity index (χ3n) is 3.76. The van der Waals surface area contributed by atoms with Gasteiger partial charge >= 0.3 is 0 Å². The van der Waals surface area contributed by atoms with Crippen LogP contribution in [0, 0.1) is 17.5 Å². The maximum atomic E-state index is 13.8. The Hall–Kier alpha value is -2.98. The fraction of sp³-hybridized carbons (Fsp3) is 0.0556. The molecule has 1 aromatic heterocycles. The van der Waals surface area contributed by atoms with Crippen LogP contribution >= 0.6 is 23.4 Å². The summed E-state index contributed by atoms with van der Waals surface area (Å²) in [6.45, 7) is 0. The molecule has 3 aromatic rings. The van der Waals surface area contributed by atoms with Crippen molar-refractivity contribution < 1.29 is 18.0 Å². The molecule has 0 atom stereocenters. The Morgan fingerprint density at radius 2 is 1.93 bits per heavy atom. The fourth-order valence-electron chi connectivity index (χ4n) is 2.29. The van der Waals surface area contributed by atoms with Crippen molar-refractivity contribution in [3.05, 3.63) is 80.4 Å². The third-order valence-corrected chi connectivity index (χ3v) is 5.01. The van der Waals surface area contributed by atoms with E-state index in [9.17, 15) is 22.8 Å². The number of thioether (sulfide) groups is 1. The molecule has 29 heavy (non-hydrogen) atoms. The molecular formula is C18H12ClF3N4O2S. The first-order valence-electron chi connectivity index (χ1n) is 7.98. The molecule has 0 fully saturated rings. The van der Waals surface area contributed by atoms with Gasteiger partial charge < -0.3 is 11.1 Å². The van der Waals surface area contributed by atoms with Crippen LogP contribution in [0.5, 0.6) is 0 Å². The van der Waals surface area contributed by atoms with Crippen LogP contribution in [0.4, 0.5) is 24.7 Å². The molecule has 0 aliphatic rings. The molecule has 2 aromatic carbocycles. The molecule has 0 radical (unpaired) electrons. The highest BCUT2D eigenvalue weighted by Crippen LogP contribution is 2.27. The highest BCUT2D eigenvalue weighted by Gasteiger charge is 2.16. The first-order valence-corrected chi connectivity index (χ1v) is 9.34. The Bertz CT molecular complexity index is 1140. The molecule has 0 unspecified atom stereocenters.